The Balaban J connectivity index is 0. The summed E-state index contributed by atoms with van der Waals surface area (Å²) in [5, 5.41) is 19.0. The van der Waals surface area contributed by atoms with Crippen LogP contribution in [0.3, 0.4) is 0 Å². The minimum absolute atomic E-state index is 0.0370. The van der Waals surface area contributed by atoms with Crippen molar-refractivity contribution in [1.82, 2.24) is 0 Å². The maximum atomic E-state index is 10.4. The normalized spacial score (nSPS) is 10.4. The Kier molecular flexibility index (Phi) is 11.1. The van der Waals surface area contributed by atoms with Gasteiger partial charge in [-0.3, -0.25) is 14.4 Å². The molecular formula is C11H20N2O6. The number of carbonyl (C=O) groups excluding carboxylic acids is 2. The van der Waals surface area contributed by atoms with Gasteiger partial charge in [-0.05, 0) is 12.8 Å². The summed E-state index contributed by atoms with van der Waals surface area (Å²) in [4.78, 5) is 30.4. The summed E-state index contributed by atoms with van der Waals surface area (Å²) in [6, 6.07) is 0. The van der Waals surface area contributed by atoms with Crippen LogP contribution in [0.2, 0.25) is 0 Å². The molecule has 0 heterocycles. The van der Waals surface area contributed by atoms with Crippen LogP contribution in [0.4, 0.5) is 0 Å². The number of esters is 1. The number of ether oxygens (including phenoxy) is 1. The van der Waals surface area contributed by atoms with Gasteiger partial charge in [0.2, 0.25) is 0 Å². The first kappa shape index (κ1) is 19.2. The van der Waals surface area contributed by atoms with E-state index in [2.05, 4.69) is 9.89 Å². The zero-order chi connectivity index (χ0) is 15.4. The van der Waals surface area contributed by atoms with Crippen molar-refractivity contribution in [2.24, 2.45) is 16.8 Å². The van der Waals surface area contributed by atoms with Crippen molar-refractivity contribution in [1.29, 1.82) is 0 Å². The molecule has 0 aromatic rings. The molecule has 0 rings (SSSR count). The summed E-state index contributed by atoms with van der Waals surface area (Å²) in [6.07, 6.45) is -0.125. The van der Waals surface area contributed by atoms with Gasteiger partial charge in [-0.2, -0.15) is 0 Å². The topological polar surface area (TPSA) is 139 Å². The van der Waals surface area contributed by atoms with Crippen molar-refractivity contribution < 1.29 is 29.4 Å². The molecule has 0 aliphatic rings. The molecule has 0 radical (unpaired) electrons. The van der Waals surface area contributed by atoms with E-state index >= 15 is 0 Å². The van der Waals surface area contributed by atoms with Crippen LogP contribution in [0.5, 0.6) is 0 Å². The molecule has 0 saturated heterocycles. The molecule has 0 aromatic heterocycles. The number of carboxylic acid groups (broad SMARTS) is 1. The van der Waals surface area contributed by atoms with Crippen LogP contribution in [0, 0.1) is 5.92 Å². The highest BCUT2D eigenvalue weighted by molar-refractivity contribution is 6.38. The van der Waals surface area contributed by atoms with Gasteiger partial charge in [0.1, 0.15) is 12.1 Å². The van der Waals surface area contributed by atoms with Gasteiger partial charge < -0.3 is 20.8 Å². The standard InChI is InChI=1S/C6H12N2O2.C5H8O4/c1-4(2)3-5(8-10)6(7)9;1-2-9-5(8)3-4(6)7/h4,10H,3H2,1-2H3,(H2,7,9);2-3H2,1H3,(H,6,7). The van der Waals surface area contributed by atoms with Crippen LogP contribution in [0.1, 0.15) is 33.6 Å². The SMILES string of the molecule is CC(C)CC(=NO)C(N)=O.CCOC(=O)CC(=O)O. The number of nitrogens with two attached hydrogens (primary N) is 1. The first-order valence-corrected chi connectivity index (χ1v) is 5.62. The summed E-state index contributed by atoms with van der Waals surface area (Å²) in [7, 11) is 0. The number of amides is 1. The van der Waals surface area contributed by atoms with Gasteiger partial charge in [0, 0.05) is 6.42 Å². The molecule has 0 fully saturated rings. The molecule has 8 nitrogen and oxygen atoms in total. The number of carboxylic acids is 1. The van der Waals surface area contributed by atoms with E-state index in [1.54, 1.807) is 6.92 Å². The summed E-state index contributed by atoms with van der Waals surface area (Å²) >= 11 is 0. The average molecular weight is 276 g/mol. The van der Waals surface area contributed by atoms with Gasteiger partial charge in [-0.15, -0.1) is 0 Å². The average Bonchev–Trinajstić information content (AvgIpc) is 2.25. The smallest absolute Gasteiger partial charge is 0.317 e. The highest BCUT2D eigenvalue weighted by Crippen LogP contribution is 2.00. The second kappa shape index (κ2) is 11.0. The van der Waals surface area contributed by atoms with Crippen LogP contribution in [-0.2, 0) is 19.1 Å². The molecule has 110 valence electrons. The maximum absolute atomic E-state index is 10.4. The Labute approximate surface area is 111 Å². The fraction of sp³-hybridized carbons (Fsp3) is 0.636. The van der Waals surface area contributed by atoms with E-state index in [4.69, 9.17) is 16.0 Å². The van der Waals surface area contributed by atoms with Crippen LogP contribution in [0.15, 0.2) is 5.16 Å². The lowest BCUT2D eigenvalue weighted by molar-refractivity contribution is -0.150. The number of nitrogens with zero attached hydrogens (tertiary/aromatic N) is 1. The highest BCUT2D eigenvalue weighted by atomic mass is 16.5. The van der Waals surface area contributed by atoms with Gasteiger partial charge in [0.05, 0.1) is 6.61 Å². The van der Waals surface area contributed by atoms with Crippen molar-refractivity contribution in [3.63, 3.8) is 0 Å². The van der Waals surface area contributed by atoms with E-state index in [0.717, 1.165) is 0 Å². The van der Waals surface area contributed by atoms with E-state index in [9.17, 15) is 14.4 Å². The van der Waals surface area contributed by atoms with Crippen LogP contribution < -0.4 is 5.73 Å². The molecule has 0 aliphatic heterocycles. The largest absolute Gasteiger partial charge is 0.481 e. The molecular weight excluding hydrogens is 256 g/mol. The quantitative estimate of drug-likeness (QED) is 0.210. The lowest BCUT2D eigenvalue weighted by Gasteiger charge is -2.01. The predicted molar refractivity (Wildman–Crippen MR) is 66.8 cm³/mol. The Hall–Kier alpha value is -2.12. The fourth-order valence-electron chi connectivity index (χ4n) is 0.913. The minimum atomic E-state index is -1.16. The molecule has 0 bridgehead atoms. The van der Waals surface area contributed by atoms with Crippen molar-refractivity contribution in [2.45, 2.75) is 33.6 Å². The molecule has 0 spiro atoms. The number of hydrogen-bond donors (Lipinski definition) is 3. The first-order chi connectivity index (χ1) is 8.74. The minimum Gasteiger partial charge on any atom is -0.481 e. The highest BCUT2D eigenvalue weighted by Gasteiger charge is 2.08. The van der Waals surface area contributed by atoms with Crippen molar-refractivity contribution in [3.05, 3.63) is 0 Å². The summed E-state index contributed by atoms with van der Waals surface area (Å²) in [5.74, 6) is -2.23. The maximum Gasteiger partial charge on any atom is 0.317 e. The zero-order valence-electron chi connectivity index (χ0n) is 11.3. The van der Waals surface area contributed by atoms with Gasteiger partial charge in [0.25, 0.3) is 5.91 Å². The fourth-order valence-corrected chi connectivity index (χ4v) is 0.913. The lowest BCUT2D eigenvalue weighted by Crippen LogP contribution is -2.24. The van der Waals surface area contributed by atoms with Gasteiger partial charge in [-0.1, -0.05) is 19.0 Å². The molecule has 0 aliphatic carbocycles. The summed E-state index contributed by atoms with van der Waals surface area (Å²) in [6.45, 7) is 5.67. The van der Waals surface area contributed by atoms with Crippen molar-refractivity contribution in [3.8, 4) is 0 Å². The second-order valence-electron chi connectivity index (χ2n) is 3.88. The summed E-state index contributed by atoms with van der Waals surface area (Å²) < 4.78 is 4.33. The number of primary amides is 1. The Bertz CT molecular complexity index is 338. The third kappa shape index (κ3) is 13.8. The molecule has 0 saturated carbocycles. The van der Waals surface area contributed by atoms with Crippen LogP contribution in [-0.4, -0.2) is 40.5 Å². The van der Waals surface area contributed by atoms with Gasteiger partial charge in [0.15, 0.2) is 0 Å². The predicted octanol–water partition coefficient (Wildman–Crippen LogP) is 0.372. The Morgan fingerprint density at radius 2 is 1.84 bits per heavy atom. The molecule has 19 heavy (non-hydrogen) atoms. The zero-order valence-corrected chi connectivity index (χ0v) is 11.3. The molecule has 0 unspecified atom stereocenters. The van der Waals surface area contributed by atoms with E-state index in [-0.39, 0.29) is 18.2 Å². The third-order valence-corrected chi connectivity index (χ3v) is 1.61. The van der Waals surface area contributed by atoms with E-state index in [0.29, 0.717) is 6.42 Å². The monoisotopic (exact) mass is 276 g/mol. The number of oxime groups is 1. The van der Waals surface area contributed by atoms with E-state index in [1.165, 1.54) is 0 Å². The number of aliphatic carboxylic acids is 1. The summed E-state index contributed by atoms with van der Waals surface area (Å²) in [5.41, 5.74) is 4.90. The molecule has 0 atom stereocenters. The van der Waals surface area contributed by atoms with E-state index in [1.807, 2.05) is 13.8 Å². The molecule has 4 N–H and O–H groups in total. The van der Waals surface area contributed by atoms with Gasteiger partial charge in [-0.25, -0.2) is 0 Å². The molecule has 0 aromatic carbocycles. The third-order valence-electron chi connectivity index (χ3n) is 1.61. The van der Waals surface area contributed by atoms with Crippen molar-refractivity contribution in [2.75, 3.05) is 6.61 Å². The number of carbonyl (C=O) groups is 3. The molecule has 8 heteroatoms. The Morgan fingerprint density at radius 3 is 2.05 bits per heavy atom. The van der Waals surface area contributed by atoms with Crippen LogP contribution >= 0.6 is 0 Å². The second-order valence-corrected chi connectivity index (χ2v) is 3.88. The van der Waals surface area contributed by atoms with Gasteiger partial charge >= 0.3 is 11.9 Å². The Morgan fingerprint density at radius 1 is 1.32 bits per heavy atom. The van der Waals surface area contributed by atoms with E-state index < -0.39 is 24.3 Å². The first-order valence-electron chi connectivity index (χ1n) is 5.62. The number of rotatable bonds is 6. The number of hydrogen-bond acceptors (Lipinski definition) is 6. The van der Waals surface area contributed by atoms with Crippen molar-refractivity contribution >= 4 is 23.6 Å². The lowest BCUT2D eigenvalue weighted by atomic mass is 10.1. The molecule has 1 amide bonds. The van der Waals surface area contributed by atoms with Crippen LogP contribution in [0.25, 0.3) is 0 Å².